The van der Waals surface area contributed by atoms with Crippen molar-refractivity contribution in [1.82, 2.24) is 4.90 Å². The van der Waals surface area contributed by atoms with Gasteiger partial charge in [-0.05, 0) is 38.5 Å². The number of nitrogens with zero attached hydrogens (tertiary/aromatic N) is 1. The molecular weight excluding hydrogens is 258 g/mol. The molecule has 2 aliphatic rings. The molecule has 0 aromatic carbocycles. The van der Waals surface area contributed by atoms with Crippen LogP contribution in [0.5, 0.6) is 0 Å². The smallest absolute Gasteiger partial charge is 0.307 e. The Labute approximate surface area is 120 Å². The van der Waals surface area contributed by atoms with E-state index in [1.54, 1.807) is 4.90 Å². The summed E-state index contributed by atoms with van der Waals surface area (Å²) in [4.78, 5) is 25.7. The first-order valence-corrected chi connectivity index (χ1v) is 7.66. The fourth-order valence-electron chi connectivity index (χ4n) is 3.48. The largest absolute Gasteiger partial charge is 0.481 e. The minimum Gasteiger partial charge on any atom is -0.481 e. The predicted molar refractivity (Wildman–Crippen MR) is 74.2 cm³/mol. The van der Waals surface area contributed by atoms with Crippen LogP contribution in [0.3, 0.4) is 0 Å². The van der Waals surface area contributed by atoms with Gasteiger partial charge in [0.05, 0.1) is 17.9 Å². The van der Waals surface area contributed by atoms with Crippen molar-refractivity contribution in [3.63, 3.8) is 0 Å². The zero-order valence-electron chi connectivity index (χ0n) is 12.4. The lowest BCUT2D eigenvalue weighted by Gasteiger charge is -2.28. The van der Waals surface area contributed by atoms with Gasteiger partial charge in [-0.15, -0.1) is 0 Å². The van der Waals surface area contributed by atoms with E-state index in [0.717, 1.165) is 19.4 Å². The molecule has 5 heteroatoms. The zero-order chi connectivity index (χ0) is 14.7. The topological polar surface area (TPSA) is 66.8 Å². The number of amides is 1. The Kier molecular flexibility index (Phi) is 5.02. The molecule has 114 valence electrons. The summed E-state index contributed by atoms with van der Waals surface area (Å²) in [6, 6.07) is 0. The highest BCUT2D eigenvalue weighted by atomic mass is 16.5. The van der Waals surface area contributed by atoms with E-state index < -0.39 is 11.9 Å². The van der Waals surface area contributed by atoms with Gasteiger partial charge >= 0.3 is 5.97 Å². The van der Waals surface area contributed by atoms with Gasteiger partial charge in [-0.2, -0.15) is 0 Å². The van der Waals surface area contributed by atoms with Crippen molar-refractivity contribution >= 4 is 11.9 Å². The summed E-state index contributed by atoms with van der Waals surface area (Å²) < 4.78 is 5.58. The molecule has 0 spiro atoms. The average molecular weight is 283 g/mol. The van der Waals surface area contributed by atoms with Crippen LogP contribution in [0.1, 0.15) is 39.5 Å². The predicted octanol–water partition coefficient (Wildman–Crippen LogP) is 1.76. The van der Waals surface area contributed by atoms with Crippen LogP contribution in [0.15, 0.2) is 0 Å². The van der Waals surface area contributed by atoms with Crippen molar-refractivity contribution in [2.24, 2.45) is 17.8 Å². The highest BCUT2D eigenvalue weighted by Crippen LogP contribution is 2.37. The molecule has 0 aromatic rings. The van der Waals surface area contributed by atoms with Crippen molar-refractivity contribution in [2.75, 3.05) is 19.7 Å². The van der Waals surface area contributed by atoms with E-state index in [1.807, 2.05) is 13.8 Å². The number of carbonyl (C=O) groups is 2. The Morgan fingerprint density at radius 3 is 2.55 bits per heavy atom. The summed E-state index contributed by atoms with van der Waals surface area (Å²) in [6.45, 7) is 5.97. The third-order valence-electron chi connectivity index (χ3n) is 4.57. The first-order chi connectivity index (χ1) is 9.52. The number of carboxylic acid groups (broad SMARTS) is 1. The number of hydrogen-bond acceptors (Lipinski definition) is 3. The van der Waals surface area contributed by atoms with Gasteiger partial charge in [0.2, 0.25) is 5.91 Å². The van der Waals surface area contributed by atoms with Crippen LogP contribution in [-0.4, -0.2) is 47.7 Å². The molecule has 20 heavy (non-hydrogen) atoms. The standard InChI is InChI=1S/C15H25NO4/c1-3-16(9-11-5-4-6-20-11)14(17)12-7-10(2)8-13(12)15(18)19/h10-13H,3-9H2,1-2H3,(H,18,19). The van der Waals surface area contributed by atoms with Crippen molar-refractivity contribution in [3.05, 3.63) is 0 Å². The lowest BCUT2D eigenvalue weighted by atomic mass is 9.94. The number of hydrogen-bond donors (Lipinski definition) is 1. The first kappa shape index (κ1) is 15.3. The molecule has 2 fully saturated rings. The van der Waals surface area contributed by atoms with Crippen LogP contribution < -0.4 is 0 Å². The first-order valence-electron chi connectivity index (χ1n) is 7.66. The molecule has 1 N–H and O–H groups in total. The average Bonchev–Trinajstić information content (AvgIpc) is 3.04. The van der Waals surface area contributed by atoms with Crippen molar-refractivity contribution in [3.8, 4) is 0 Å². The van der Waals surface area contributed by atoms with Crippen LogP contribution in [-0.2, 0) is 14.3 Å². The second kappa shape index (κ2) is 6.57. The van der Waals surface area contributed by atoms with Crippen LogP contribution in [0.2, 0.25) is 0 Å². The zero-order valence-corrected chi connectivity index (χ0v) is 12.4. The van der Waals surface area contributed by atoms with Crippen molar-refractivity contribution < 1.29 is 19.4 Å². The van der Waals surface area contributed by atoms with E-state index in [-0.39, 0.29) is 17.9 Å². The molecule has 1 aliphatic heterocycles. The maximum Gasteiger partial charge on any atom is 0.307 e. The Morgan fingerprint density at radius 2 is 2.00 bits per heavy atom. The minimum absolute atomic E-state index is 0.000231. The molecule has 2 rings (SSSR count). The fourth-order valence-corrected chi connectivity index (χ4v) is 3.48. The second-order valence-electron chi connectivity index (χ2n) is 6.14. The van der Waals surface area contributed by atoms with Crippen LogP contribution in [0.25, 0.3) is 0 Å². The van der Waals surface area contributed by atoms with Crippen molar-refractivity contribution in [2.45, 2.75) is 45.6 Å². The van der Waals surface area contributed by atoms with Gasteiger partial charge in [0.25, 0.3) is 0 Å². The monoisotopic (exact) mass is 283 g/mol. The summed E-state index contributed by atoms with van der Waals surface area (Å²) in [7, 11) is 0. The third kappa shape index (κ3) is 3.32. The molecule has 4 atom stereocenters. The Bertz CT molecular complexity index is 365. The van der Waals surface area contributed by atoms with Crippen LogP contribution in [0.4, 0.5) is 0 Å². The summed E-state index contributed by atoms with van der Waals surface area (Å²) in [5, 5.41) is 9.29. The minimum atomic E-state index is -0.833. The lowest BCUT2D eigenvalue weighted by molar-refractivity contribution is -0.149. The summed E-state index contributed by atoms with van der Waals surface area (Å²) in [5.74, 6) is -1.40. The third-order valence-corrected chi connectivity index (χ3v) is 4.57. The SMILES string of the molecule is CCN(CC1CCCO1)C(=O)C1CC(C)CC1C(=O)O. The number of rotatable bonds is 5. The lowest BCUT2D eigenvalue weighted by Crippen LogP contribution is -2.42. The molecule has 5 nitrogen and oxygen atoms in total. The van der Waals surface area contributed by atoms with E-state index in [9.17, 15) is 14.7 Å². The molecular formula is C15H25NO4. The number of carboxylic acids is 1. The molecule has 0 bridgehead atoms. The number of ether oxygens (including phenoxy) is 1. The van der Waals surface area contributed by atoms with Gasteiger partial charge in [0, 0.05) is 19.7 Å². The summed E-state index contributed by atoms with van der Waals surface area (Å²) >= 11 is 0. The molecule has 0 radical (unpaired) electrons. The normalized spacial score (nSPS) is 33.3. The maximum absolute atomic E-state index is 12.6. The molecule has 1 saturated heterocycles. The van der Waals surface area contributed by atoms with E-state index in [4.69, 9.17) is 4.74 Å². The van der Waals surface area contributed by atoms with Gasteiger partial charge in [-0.1, -0.05) is 6.92 Å². The van der Waals surface area contributed by atoms with Crippen LogP contribution in [0, 0.1) is 17.8 Å². The Balaban J connectivity index is 2.01. The highest BCUT2D eigenvalue weighted by molar-refractivity contribution is 5.85. The maximum atomic E-state index is 12.6. The van der Waals surface area contributed by atoms with Crippen LogP contribution >= 0.6 is 0 Å². The van der Waals surface area contributed by atoms with E-state index in [2.05, 4.69) is 0 Å². The quantitative estimate of drug-likeness (QED) is 0.835. The molecule has 1 saturated carbocycles. The second-order valence-corrected chi connectivity index (χ2v) is 6.14. The molecule has 1 heterocycles. The molecule has 0 aromatic heterocycles. The molecule has 1 aliphatic carbocycles. The van der Waals surface area contributed by atoms with E-state index in [0.29, 0.717) is 31.8 Å². The number of likely N-dealkylation sites (N-methyl/N-ethyl adjacent to an activating group) is 1. The van der Waals surface area contributed by atoms with Gasteiger partial charge in [-0.3, -0.25) is 9.59 Å². The molecule has 4 unspecified atom stereocenters. The number of aliphatic carboxylic acids is 1. The fraction of sp³-hybridized carbons (Fsp3) is 0.867. The number of carbonyl (C=O) groups excluding carboxylic acids is 1. The molecule has 1 amide bonds. The van der Waals surface area contributed by atoms with Gasteiger partial charge in [0.1, 0.15) is 0 Å². The van der Waals surface area contributed by atoms with E-state index >= 15 is 0 Å². The van der Waals surface area contributed by atoms with Gasteiger partial charge in [0.15, 0.2) is 0 Å². The summed E-state index contributed by atoms with van der Waals surface area (Å²) in [5.41, 5.74) is 0. The highest BCUT2D eigenvalue weighted by Gasteiger charge is 2.42. The van der Waals surface area contributed by atoms with Crippen molar-refractivity contribution in [1.29, 1.82) is 0 Å². The van der Waals surface area contributed by atoms with Gasteiger partial charge in [-0.25, -0.2) is 0 Å². The van der Waals surface area contributed by atoms with E-state index in [1.165, 1.54) is 0 Å². The summed E-state index contributed by atoms with van der Waals surface area (Å²) in [6.07, 6.45) is 3.48. The Hall–Kier alpha value is -1.10. The van der Waals surface area contributed by atoms with Gasteiger partial charge < -0.3 is 14.7 Å². The Morgan fingerprint density at radius 1 is 1.30 bits per heavy atom.